The molecule has 0 saturated carbocycles. The lowest BCUT2D eigenvalue weighted by Gasteiger charge is -2.26. The topological polar surface area (TPSA) is 50.2 Å². The maximum Gasteiger partial charge on any atom is 0.256 e. The van der Waals surface area contributed by atoms with Gasteiger partial charge in [-0.3, -0.25) is 9.69 Å². The summed E-state index contributed by atoms with van der Waals surface area (Å²) < 4.78 is 1.69. The highest BCUT2D eigenvalue weighted by molar-refractivity contribution is 7.10. The third kappa shape index (κ3) is 4.55. The molecule has 2 aromatic heterocycles. The fraction of sp³-hybridized carbons (Fsp3) is 0.364. The summed E-state index contributed by atoms with van der Waals surface area (Å²) in [6.45, 7) is 7.85. The minimum absolute atomic E-state index is 0.157. The van der Waals surface area contributed by atoms with Crippen molar-refractivity contribution in [2.75, 3.05) is 19.6 Å². The number of fused-ring (bicyclic) bond motifs is 1. The van der Waals surface area contributed by atoms with Gasteiger partial charge in [-0.2, -0.15) is 5.10 Å². The smallest absolute Gasteiger partial charge is 0.256 e. The zero-order valence-electron chi connectivity index (χ0n) is 16.7. The quantitative estimate of drug-likeness (QED) is 0.644. The van der Waals surface area contributed by atoms with Gasteiger partial charge in [0.25, 0.3) is 5.91 Å². The molecule has 3 heterocycles. The number of benzene rings is 1. The number of carbonyl (C=O) groups is 1. The average molecular weight is 429 g/mol. The first-order valence-corrected chi connectivity index (χ1v) is 11.1. The van der Waals surface area contributed by atoms with E-state index in [9.17, 15) is 4.79 Å². The summed E-state index contributed by atoms with van der Waals surface area (Å²) in [6.07, 6.45) is 1.09. The Hall–Kier alpha value is -2.15. The number of amides is 1. The molecule has 1 aliphatic heterocycles. The van der Waals surface area contributed by atoms with Crippen molar-refractivity contribution in [2.45, 2.75) is 33.4 Å². The molecule has 7 heteroatoms. The average Bonchev–Trinajstić information content (AvgIpc) is 3.27. The lowest BCUT2D eigenvalue weighted by atomic mass is 10.1. The Kier molecular flexibility index (Phi) is 6.04. The van der Waals surface area contributed by atoms with Gasteiger partial charge in [-0.25, -0.2) is 4.68 Å². The van der Waals surface area contributed by atoms with E-state index in [2.05, 4.69) is 58.0 Å². The largest absolute Gasteiger partial charge is 0.351 e. The highest BCUT2D eigenvalue weighted by Gasteiger charge is 2.21. The molecule has 0 atom stereocenters. The molecule has 1 N–H and O–H groups in total. The summed E-state index contributed by atoms with van der Waals surface area (Å²) >= 11 is 8.35. The van der Waals surface area contributed by atoms with E-state index in [1.807, 2.05) is 18.3 Å². The van der Waals surface area contributed by atoms with Crippen molar-refractivity contribution in [3.05, 3.63) is 73.7 Å². The van der Waals surface area contributed by atoms with E-state index in [0.29, 0.717) is 29.5 Å². The van der Waals surface area contributed by atoms with Crippen molar-refractivity contribution >= 4 is 28.8 Å². The Morgan fingerprint density at radius 1 is 1.24 bits per heavy atom. The maximum atomic E-state index is 12.7. The van der Waals surface area contributed by atoms with Crippen LogP contribution in [0.1, 0.15) is 37.6 Å². The minimum atomic E-state index is -0.157. The molecule has 0 bridgehead atoms. The Balaban J connectivity index is 1.35. The normalized spacial score (nSPS) is 14.0. The predicted molar refractivity (Wildman–Crippen MR) is 118 cm³/mol. The molecule has 1 aromatic carbocycles. The molecule has 152 valence electrons. The standard InChI is InChI=1S/C22H25ClN4OS/c1-15-3-5-17(6-4-15)13-27-21(23)20(16(2)25-27)22(28)24-9-11-26-10-7-19-18(14-26)8-12-29-19/h3-6,8,12H,7,9-11,13-14H2,1-2H3,(H,24,28). The molecule has 5 nitrogen and oxygen atoms in total. The highest BCUT2D eigenvalue weighted by atomic mass is 35.5. The number of aryl methyl sites for hydroxylation is 2. The van der Waals surface area contributed by atoms with Crippen molar-refractivity contribution in [3.63, 3.8) is 0 Å². The fourth-order valence-corrected chi connectivity index (χ4v) is 4.91. The second-order valence-corrected chi connectivity index (χ2v) is 8.90. The molecule has 0 spiro atoms. The van der Waals surface area contributed by atoms with Crippen LogP contribution in [-0.4, -0.2) is 40.2 Å². The molecular weight excluding hydrogens is 404 g/mol. The van der Waals surface area contributed by atoms with E-state index in [1.165, 1.54) is 16.0 Å². The Labute approximate surface area is 180 Å². The number of thiophene rings is 1. The first kappa shape index (κ1) is 20.1. The third-order valence-electron chi connectivity index (χ3n) is 5.35. The fourth-order valence-electron chi connectivity index (χ4n) is 3.70. The monoisotopic (exact) mass is 428 g/mol. The number of nitrogens with one attached hydrogen (secondary N) is 1. The number of carbonyl (C=O) groups excluding carboxylic acids is 1. The van der Waals surface area contributed by atoms with Gasteiger partial charge in [-0.05, 0) is 42.8 Å². The molecule has 0 saturated heterocycles. The molecule has 0 aliphatic carbocycles. The van der Waals surface area contributed by atoms with Crippen molar-refractivity contribution in [1.82, 2.24) is 20.0 Å². The van der Waals surface area contributed by atoms with Gasteiger partial charge in [0.15, 0.2) is 0 Å². The van der Waals surface area contributed by atoms with Crippen LogP contribution in [0.3, 0.4) is 0 Å². The summed E-state index contributed by atoms with van der Waals surface area (Å²) in [7, 11) is 0. The predicted octanol–water partition coefficient (Wildman–Crippen LogP) is 4.05. The molecule has 0 radical (unpaired) electrons. The first-order chi connectivity index (χ1) is 14.0. The van der Waals surface area contributed by atoms with E-state index < -0.39 is 0 Å². The molecule has 1 aliphatic rings. The summed E-state index contributed by atoms with van der Waals surface area (Å²) in [4.78, 5) is 16.6. The van der Waals surface area contributed by atoms with Crippen LogP contribution in [0.25, 0.3) is 0 Å². The van der Waals surface area contributed by atoms with Gasteiger partial charge in [0.1, 0.15) is 5.15 Å². The SMILES string of the molecule is Cc1ccc(Cn2nc(C)c(C(=O)NCCN3CCc4sccc4C3)c2Cl)cc1. The van der Waals surface area contributed by atoms with Crippen LogP contribution in [0.15, 0.2) is 35.7 Å². The van der Waals surface area contributed by atoms with Crippen LogP contribution < -0.4 is 5.32 Å². The summed E-state index contributed by atoms with van der Waals surface area (Å²) in [5, 5.41) is 10.0. The third-order valence-corrected chi connectivity index (χ3v) is 6.75. The van der Waals surface area contributed by atoms with Crippen molar-refractivity contribution in [3.8, 4) is 0 Å². The van der Waals surface area contributed by atoms with Crippen LogP contribution in [0.4, 0.5) is 0 Å². The van der Waals surface area contributed by atoms with Crippen molar-refractivity contribution in [2.24, 2.45) is 0 Å². The highest BCUT2D eigenvalue weighted by Crippen LogP contribution is 2.24. The minimum Gasteiger partial charge on any atom is -0.351 e. The second-order valence-electron chi connectivity index (χ2n) is 7.55. The molecule has 0 unspecified atom stereocenters. The van der Waals surface area contributed by atoms with Gasteiger partial charge in [0, 0.05) is 31.1 Å². The van der Waals surface area contributed by atoms with Crippen LogP contribution in [0.2, 0.25) is 5.15 Å². The van der Waals surface area contributed by atoms with Gasteiger partial charge in [-0.15, -0.1) is 11.3 Å². The van der Waals surface area contributed by atoms with E-state index in [1.54, 1.807) is 4.68 Å². The molecule has 4 rings (SSSR count). The Bertz CT molecular complexity index is 1010. The Morgan fingerprint density at radius 3 is 2.83 bits per heavy atom. The van der Waals surface area contributed by atoms with Gasteiger partial charge in [-0.1, -0.05) is 41.4 Å². The Morgan fingerprint density at radius 2 is 2.03 bits per heavy atom. The summed E-state index contributed by atoms with van der Waals surface area (Å²) in [5.41, 5.74) is 4.85. The lowest BCUT2D eigenvalue weighted by Crippen LogP contribution is -2.37. The van der Waals surface area contributed by atoms with Gasteiger partial charge < -0.3 is 5.32 Å². The van der Waals surface area contributed by atoms with Crippen molar-refractivity contribution in [1.29, 1.82) is 0 Å². The van der Waals surface area contributed by atoms with E-state index in [-0.39, 0.29) is 5.91 Å². The van der Waals surface area contributed by atoms with Gasteiger partial charge in [0.2, 0.25) is 0 Å². The first-order valence-electron chi connectivity index (χ1n) is 9.85. The van der Waals surface area contributed by atoms with E-state index >= 15 is 0 Å². The second kappa shape index (κ2) is 8.69. The maximum absolute atomic E-state index is 12.7. The summed E-state index contributed by atoms with van der Waals surface area (Å²) in [6, 6.07) is 10.4. The zero-order valence-corrected chi connectivity index (χ0v) is 18.3. The van der Waals surface area contributed by atoms with Crippen LogP contribution >= 0.6 is 22.9 Å². The molecular formula is C22H25ClN4OS. The van der Waals surface area contributed by atoms with Crippen LogP contribution in [-0.2, 0) is 19.5 Å². The summed E-state index contributed by atoms with van der Waals surface area (Å²) in [5.74, 6) is -0.157. The van der Waals surface area contributed by atoms with E-state index in [4.69, 9.17) is 11.6 Å². The number of hydrogen-bond acceptors (Lipinski definition) is 4. The zero-order chi connectivity index (χ0) is 20.4. The molecule has 1 amide bonds. The molecule has 0 fully saturated rings. The number of nitrogens with zero attached hydrogens (tertiary/aromatic N) is 3. The number of aromatic nitrogens is 2. The lowest BCUT2D eigenvalue weighted by molar-refractivity contribution is 0.0947. The number of hydrogen-bond donors (Lipinski definition) is 1. The number of halogens is 1. The molecule has 29 heavy (non-hydrogen) atoms. The van der Waals surface area contributed by atoms with Crippen LogP contribution in [0.5, 0.6) is 0 Å². The molecule has 3 aromatic rings. The van der Waals surface area contributed by atoms with Gasteiger partial charge in [0.05, 0.1) is 17.8 Å². The van der Waals surface area contributed by atoms with Crippen LogP contribution in [0, 0.1) is 13.8 Å². The number of rotatable bonds is 6. The van der Waals surface area contributed by atoms with E-state index in [0.717, 1.165) is 31.6 Å². The van der Waals surface area contributed by atoms with Crippen molar-refractivity contribution < 1.29 is 4.79 Å². The van der Waals surface area contributed by atoms with Gasteiger partial charge >= 0.3 is 0 Å².